The number of hydrogen-bond donors (Lipinski definition) is 1. The van der Waals surface area contributed by atoms with Crippen LogP contribution in [0.25, 0.3) is 0 Å². The number of rotatable bonds is 2. The van der Waals surface area contributed by atoms with Crippen molar-refractivity contribution in [2.24, 2.45) is 0 Å². The fourth-order valence-corrected chi connectivity index (χ4v) is 0.929. The predicted molar refractivity (Wildman–Crippen MR) is 49.9 cm³/mol. The highest BCUT2D eigenvalue weighted by molar-refractivity contribution is 6.63. The second-order valence-electron chi connectivity index (χ2n) is 2.20. The number of phenols is 1. The van der Waals surface area contributed by atoms with E-state index in [1.54, 1.807) is 12.1 Å². The Kier molecular flexibility index (Phi) is 4.71. The second-order valence-corrected chi connectivity index (χ2v) is 2.62. The van der Waals surface area contributed by atoms with Crippen LogP contribution in [-0.2, 0) is 11.2 Å². The molecule has 0 fully saturated rings. The van der Waals surface area contributed by atoms with Crippen LogP contribution in [0.1, 0.15) is 5.56 Å². The smallest absolute Gasteiger partial charge is 0.226 e. The van der Waals surface area contributed by atoms with Gasteiger partial charge in [0.05, 0.1) is 0 Å². The van der Waals surface area contributed by atoms with E-state index in [1.165, 1.54) is 12.1 Å². The Balaban J connectivity index is 0.00000121. The molecule has 0 saturated heterocycles. The molecular formula is C8H8Cl2O2. The van der Waals surface area contributed by atoms with E-state index in [4.69, 9.17) is 16.7 Å². The van der Waals surface area contributed by atoms with Gasteiger partial charge in [0.2, 0.25) is 5.24 Å². The van der Waals surface area contributed by atoms with Gasteiger partial charge in [0, 0.05) is 6.42 Å². The van der Waals surface area contributed by atoms with Crippen LogP contribution in [0, 0.1) is 0 Å². The Morgan fingerprint density at radius 2 is 1.83 bits per heavy atom. The molecule has 2 nitrogen and oxygen atoms in total. The molecule has 4 heteroatoms. The van der Waals surface area contributed by atoms with Gasteiger partial charge in [0.1, 0.15) is 5.75 Å². The van der Waals surface area contributed by atoms with Crippen LogP contribution in [0.3, 0.4) is 0 Å². The number of carbonyl (C=O) groups excluding carboxylic acids is 1. The number of halogens is 2. The number of hydrogen-bond acceptors (Lipinski definition) is 2. The number of benzene rings is 1. The van der Waals surface area contributed by atoms with Crippen molar-refractivity contribution in [2.45, 2.75) is 6.42 Å². The quantitative estimate of drug-likeness (QED) is 0.754. The van der Waals surface area contributed by atoms with Gasteiger partial charge in [-0.05, 0) is 29.3 Å². The summed E-state index contributed by atoms with van der Waals surface area (Å²) >= 11 is 5.15. The average Bonchev–Trinajstić information content (AvgIpc) is 1.93. The standard InChI is InChI=1S/C8H7ClO2.ClH/c9-8(11)5-6-1-3-7(10)4-2-6;/h1-4,10H,5H2;1H. The first-order chi connectivity index (χ1) is 5.18. The van der Waals surface area contributed by atoms with Crippen LogP contribution >= 0.6 is 24.0 Å². The minimum absolute atomic E-state index is 0. The SMILES string of the molecule is Cl.O=C(Cl)Cc1ccc(O)cc1. The molecular weight excluding hydrogens is 199 g/mol. The van der Waals surface area contributed by atoms with Crippen molar-refractivity contribution in [2.75, 3.05) is 0 Å². The predicted octanol–water partition coefficient (Wildman–Crippen LogP) is 2.12. The van der Waals surface area contributed by atoms with Gasteiger partial charge in [-0.3, -0.25) is 4.79 Å². The third-order valence-corrected chi connectivity index (χ3v) is 1.41. The zero-order valence-electron chi connectivity index (χ0n) is 6.16. The Bertz CT molecular complexity index is 256. The topological polar surface area (TPSA) is 37.3 Å². The lowest BCUT2D eigenvalue weighted by Crippen LogP contribution is -1.91. The first kappa shape index (κ1) is 11.3. The van der Waals surface area contributed by atoms with Gasteiger partial charge in [-0.15, -0.1) is 12.4 Å². The van der Waals surface area contributed by atoms with E-state index in [0.717, 1.165) is 5.56 Å². The van der Waals surface area contributed by atoms with E-state index in [9.17, 15) is 4.79 Å². The maximum atomic E-state index is 10.4. The van der Waals surface area contributed by atoms with Gasteiger partial charge in [0.25, 0.3) is 0 Å². The largest absolute Gasteiger partial charge is 0.508 e. The summed E-state index contributed by atoms with van der Waals surface area (Å²) in [5.74, 6) is 0.191. The molecule has 0 heterocycles. The molecule has 0 aromatic heterocycles. The minimum atomic E-state index is -0.393. The van der Waals surface area contributed by atoms with Crippen molar-refractivity contribution < 1.29 is 9.90 Å². The van der Waals surface area contributed by atoms with E-state index >= 15 is 0 Å². The Morgan fingerprint density at radius 1 is 1.33 bits per heavy atom. The molecule has 0 bridgehead atoms. The van der Waals surface area contributed by atoms with Crippen LogP contribution < -0.4 is 0 Å². The summed E-state index contributed by atoms with van der Waals surface area (Å²) in [6.07, 6.45) is 0.210. The number of carbonyl (C=O) groups is 1. The lowest BCUT2D eigenvalue weighted by molar-refractivity contribution is -0.111. The average molecular weight is 207 g/mol. The third-order valence-electron chi connectivity index (χ3n) is 1.28. The van der Waals surface area contributed by atoms with E-state index in [-0.39, 0.29) is 24.6 Å². The van der Waals surface area contributed by atoms with E-state index < -0.39 is 5.24 Å². The molecule has 0 amide bonds. The van der Waals surface area contributed by atoms with E-state index in [1.807, 2.05) is 0 Å². The zero-order chi connectivity index (χ0) is 8.27. The van der Waals surface area contributed by atoms with Crippen molar-refractivity contribution >= 4 is 29.3 Å². The summed E-state index contributed by atoms with van der Waals surface area (Å²) in [7, 11) is 0. The summed E-state index contributed by atoms with van der Waals surface area (Å²) in [5.41, 5.74) is 0.808. The first-order valence-corrected chi connectivity index (χ1v) is 3.52. The number of phenolic OH excluding ortho intramolecular Hbond substituents is 1. The molecule has 0 aliphatic rings. The minimum Gasteiger partial charge on any atom is -0.508 e. The van der Waals surface area contributed by atoms with Crippen LogP contribution in [-0.4, -0.2) is 10.3 Å². The van der Waals surface area contributed by atoms with Crippen LogP contribution in [0.15, 0.2) is 24.3 Å². The maximum Gasteiger partial charge on any atom is 0.226 e. The molecule has 12 heavy (non-hydrogen) atoms. The first-order valence-electron chi connectivity index (χ1n) is 3.15. The summed E-state index contributed by atoms with van der Waals surface area (Å²) in [6, 6.07) is 6.37. The molecule has 0 radical (unpaired) electrons. The zero-order valence-corrected chi connectivity index (χ0v) is 7.73. The molecule has 0 spiro atoms. The molecule has 1 rings (SSSR count). The molecule has 0 aliphatic carbocycles. The summed E-state index contributed by atoms with van der Waals surface area (Å²) in [6.45, 7) is 0. The lowest BCUT2D eigenvalue weighted by atomic mass is 10.2. The highest BCUT2D eigenvalue weighted by Crippen LogP contribution is 2.10. The van der Waals surface area contributed by atoms with E-state index in [2.05, 4.69) is 0 Å². The second kappa shape index (κ2) is 5.01. The fraction of sp³-hybridized carbons (Fsp3) is 0.125. The van der Waals surface area contributed by atoms with Crippen LogP contribution in [0.5, 0.6) is 5.75 Å². The van der Waals surface area contributed by atoms with Gasteiger partial charge >= 0.3 is 0 Å². The van der Waals surface area contributed by atoms with Crippen molar-refractivity contribution in [1.82, 2.24) is 0 Å². The molecule has 0 unspecified atom stereocenters. The summed E-state index contributed by atoms with van der Waals surface area (Å²) in [5, 5.41) is 8.48. The van der Waals surface area contributed by atoms with Crippen molar-refractivity contribution in [3.63, 3.8) is 0 Å². The molecule has 0 saturated carbocycles. The monoisotopic (exact) mass is 206 g/mol. The maximum absolute atomic E-state index is 10.4. The van der Waals surface area contributed by atoms with E-state index in [0.29, 0.717) is 0 Å². The highest BCUT2D eigenvalue weighted by atomic mass is 35.5. The molecule has 1 aromatic rings. The normalized spacial score (nSPS) is 8.75. The van der Waals surface area contributed by atoms with Crippen molar-refractivity contribution in [1.29, 1.82) is 0 Å². The molecule has 1 aromatic carbocycles. The summed E-state index contributed by atoms with van der Waals surface area (Å²) < 4.78 is 0. The van der Waals surface area contributed by atoms with Gasteiger partial charge < -0.3 is 5.11 Å². The molecule has 66 valence electrons. The van der Waals surface area contributed by atoms with Crippen LogP contribution in [0.2, 0.25) is 0 Å². The third kappa shape index (κ3) is 3.60. The fourth-order valence-electron chi connectivity index (χ4n) is 0.774. The van der Waals surface area contributed by atoms with Crippen molar-refractivity contribution in [3.05, 3.63) is 29.8 Å². The molecule has 0 atom stereocenters. The Hall–Kier alpha value is -0.730. The highest BCUT2D eigenvalue weighted by Gasteiger charge is 1.98. The van der Waals surface area contributed by atoms with Gasteiger partial charge in [-0.25, -0.2) is 0 Å². The molecule has 0 aliphatic heterocycles. The van der Waals surface area contributed by atoms with Crippen LogP contribution in [0.4, 0.5) is 0 Å². The van der Waals surface area contributed by atoms with Gasteiger partial charge in [0.15, 0.2) is 0 Å². The molecule has 1 N–H and O–H groups in total. The van der Waals surface area contributed by atoms with Gasteiger partial charge in [-0.1, -0.05) is 12.1 Å². The Labute approximate surface area is 81.6 Å². The number of aromatic hydroxyl groups is 1. The van der Waals surface area contributed by atoms with Crippen molar-refractivity contribution in [3.8, 4) is 5.75 Å². The van der Waals surface area contributed by atoms with Gasteiger partial charge in [-0.2, -0.15) is 0 Å². The Morgan fingerprint density at radius 3 is 2.25 bits per heavy atom. The summed E-state index contributed by atoms with van der Waals surface area (Å²) in [4.78, 5) is 10.4. The lowest BCUT2D eigenvalue weighted by Gasteiger charge is -1.95.